The number of rotatable bonds is 2. The molecule has 0 radical (unpaired) electrons. The molecular weight excluding hydrogens is 422 g/mol. The van der Waals surface area contributed by atoms with Crippen LogP contribution < -0.4 is 9.64 Å². The van der Waals surface area contributed by atoms with Crippen molar-refractivity contribution in [1.82, 2.24) is 9.21 Å². The Kier molecular flexibility index (Phi) is 6.01. The molecule has 0 saturated carbocycles. The summed E-state index contributed by atoms with van der Waals surface area (Å²) >= 11 is 0. The van der Waals surface area contributed by atoms with Gasteiger partial charge in [-0.15, -0.1) is 0 Å². The molecule has 0 aliphatic carbocycles. The van der Waals surface area contributed by atoms with Gasteiger partial charge in [-0.3, -0.25) is 4.79 Å². The van der Waals surface area contributed by atoms with Crippen LogP contribution in [-0.2, 0) is 19.6 Å². The van der Waals surface area contributed by atoms with Crippen molar-refractivity contribution in [3.8, 4) is 5.75 Å². The second-order valence-corrected chi connectivity index (χ2v) is 11.4. The molecule has 1 aromatic rings. The van der Waals surface area contributed by atoms with Crippen molar-refractivity contribution in [3.63, 3.8) is 0 Å². The fourth-order valence-corrected chi connectivity index (χ4v) is 5.06. The monoisotopic (exact) mass is 453 g/mol. The van der Waals surface area contributed by atoms with Crippen LogP contribution >= 0.6 is 0 Å². The number of hydrogen-bond donors (Lipinski definition) is 0. The Bertz CT molecular complexity index is 975. The van der Waals surface area contributed by atoms with Gasteiger partial charge in [-0.25, -0.2) is 13.2 Å². The average molecular weight is 454 g/mol. The number of sulfonamides is 1. The maximum Gasteiger partial charge on any atom is 0.410 e. The number of ether oxygens (including phenoxy) is 2. The standard InChI is InChI=1S/C21H31N3O6S/c1-15(25)24-14-21(5,6)29-18-8-7-16(13-17(18)24)31(27,28)23-11-9-22(10-12-23)19(26)30-20(2,3)4/h7-8,13H,9-12,14H2,1-6H3. The number of hydrogen-bond acceptors (Lipinski definition) is 6. The molecule has 2 aliphatic rings. The highest BCUT2D eigenvalue weighted by molar-refractivity contribution is 7.89. The normalized spacial score (nSPS) is 19.4. The molecule has 2 amide bonds. The third kappa shape index (κ3) is 5.12. The minimum Gasteiger partial charge on any atom is -0.484 e. The quantitative estimate of drug-likeness (QED) is 0.683. The van der Waals surface area contributed by atoms with Crippen molar-refractivity contribution in [2.75, 3.05) is 37.6 Å². The van der Waals surface area contributed by atoms with E-state index in [1.807, 2.05) is 13.8 Å². The zero-order chi connectivity index (χ0) is 23.2. The van der Waals surface area contributed by atoms with Crippen molar-refractivity contribution in [1.29, 1.82) is 0 Å². The summed E-state index contributed by atoms with van der Waals surface area (Å²) in [5.74, 6) is 0.290. The summed E-state index contributed by atoms with van der Waals surface area (Å²) in [5, 5.41) is 0. The van der Waals surface area contributed by atoms with Gasteiger partial charge in [-0.1, -0.05) is 0 Å². The molecule has 0 atom stereocenters. The molecule has 3 rings (SSSR count). The summed E-state index contributed by atoms with van der Waals surface area (Å²) in [4.78, 5) is 27.6. The maximum absolute atomic E-state index is 13.2. The fraction of sp³-hybridized carbons (Fsp3) is 0.619. The first-order valence-corrected chi connectivity index (χ1v) is 11.7. The summed E-state index contributed by atoms with van der Waals surface area (Å²) in [6.45, 7) is 11.7. The third-order valence-electron chi connectivity index (χ3n) is 5.05. The molecular formula is C21H31N3O6S. The van der Waals surface area contributed by atoms with E-state index < -0.39 is 27.3 Å². The molecule has 172 valence electrons. The second kappa shape index (κ2) is 7.98. The first kappa shape index (κ1) is 23.3. The number of anilines is 1. The number of carbonyl (C=O) groups excluding carboxylic acids is 2. The Hall–Kier alpha value is -2.33. The number of nitrogens with zero attached hydrogens (tertiary/aromatic N) is 3. The van der Waals surface area contributed by atoms with Crippen LogP contribution in [0.3, 0.4) is 0 Å². The van der Waals surface area contributed by atoms with E-state index in [0.29, 0.717) is 18.0 Å². The minimum atomic E-state index is -3.80. The Morgan fingerprint density at radius 2 is 1.71 bits per heavy atom. The molecule has 10 heteroatoms. The van der Waals surface area contributed by atoms with Gasteiger partial charge in [0.1, 0.15) is 17.0 Å². The van der Waals surface area contributed by atoms with Crippen molar-refractivity contribution in [2.24, 2.45) is 0 Å². The molecule has 31 heavy (non-hydrogen) atoms. The lowest BCUT2D eigenvalue weighted by atomic mass is 10.1. The zero-order valence-corrected chi connectivity index (χ0v) is 19.8. The van der Waals surface area contributed by atoms with Crippen molar-refractivity contribution >= 4 is 27.7 Å². The Morgan fingerprint density at radius 3 is 2.26 bits per heavy atom. The molecule has 2 aliphatic heterocycles. The smallest absolute Gasteiger partial charge is 0.410 e. The second-order valence-electron chi connectivity index (χ2n) is 9.47. The van der Waals surface area contributed by atoms with Gasteiger partial charge < -0.3 is 19.3 Å². The zero-order valence-electron chi connectivity index (χ0n) is 19.0. The van der Waals surface area contributed by atoms with Crippen molar-refractivity contribution < 1.29 is 27.5 Å². The van der Waals surface area contributed by atoms with Gasteiger partial charge in [0.2, 0.25) is 15.9 Å². The van der Waals surface area contributed by atoms with Gasteiger partial charge in [0.25, 0.3) is 0 Å². The van der Waals surface area contributed by atoms with Crippen LogP contribution in [-0.4, -0.2) is 73.5 Å². The topological polar surface area (TPSA) is 96.5 Å². The highest BCUT2D eigenvalue weighted by atomic mass is 32.2. The van der Waals surface area contributed by atoms with E-state index in [4.69, 9.17) is 9.47 Å². The lowest BCUT2D eigenvalue weighted by Crippen LogP contribution is -2.51. The maximum atomic E-state index is 13.2. The highest BCUT2D eigenvalue weighted by Gasteiger charge is 2.36. The van der Waals surface area contributed by atoms with Crippen LogP contribution in [0.5, 0.6) is 5.75 Å². The van der Waals surface area contributed by atoms with Gasteiger partial charge in [0, 0.05) is 33.1 Å². The Balaban J connectivity index is 1.79. The Labute approximate surface area is 183 Å². The van der Waals surface area contributed by atoms with E-state index in [-0.39, 0.29) is 37.0 Å². The summed E-state index contributed by atoms with van der Waals surface area (Å²) in [6, 6.07) is 4.58. The van der Waals surface area contributed by atoms with Gasteiger partial charge in [-0.05, 0) is 52.8 Å². The van der Waals surface area contributed by atoms with Gasteiger partial charge in [-0.2, -0.15) is 4.31 Å². The molecule has 1 aromatic carbocycles. The third-order valence-corrected chi connectivity index (χ3v) is 6.95. The predicted molar refractivity (Wildman–Crippen MR) is 116 cm³/mol. The van der Waals surface area contributed by atoms with Crippen LogP contribution in [0, 0.1) is 0 Å². The molecule has 9 nitrogen and oxygen atoms in total. The molecule has 2 heterocycles. The van der Waals surface area contributed by atoms with Crippen molar-refractivity contribution in [2.45, 2.75) is 57.6 Å². The Morgan fingerprint density at radius 1 is 1.10 bits per heavy atom. The lowest BCUT2D eigenvalue weighted by Gasteiger charge is -2.39. The SMILES string of the molecule is CC(=O)N1CC(C)(C)Oc2ccc(S(=O)(=O)N3CCN(C(=O)OC(C)(C)C)CC3)cc21. The molecule has 1 saturated heterocycles. The summed E-state index contributed by atoms with van der Waals surface area (Å²) in [6.07, 6.45) is -0.449. The molecule has 0 spiro atoms. The first-order chi connectivity index (χ1) is 14.2. The van der Waals surface area contributed by atoms with Crippen LogP contribution in [0.25, 0.3) is 0 Å². The number of benzene rings is 1. The summed E-state index contributed by atoms with van der Waals surface area (Å²) in [7, 11) is -3.80. The predicted octanol–water partition coefficient (Wildman–Crippen LogP) is 2.45. The van der Waals surface area contributed by atoms with Crippen LogP contribution in [0.15, 0.2) is 23.1 Å². The van der Waals surface area contributed by atoms with Crippen LogP contribution in [0.4, 0.5) is 10.5 Å². The van der Waals surface area contributed by atoms with Crippen molar-refractivity contribution in [3.05, 3.63) is 18.2 Å². The van der Waals surface area contributed by atoms with E-state index in [1.54, 1.807) is 26.8 Å². The number of piperazine rings is 1. The van der Waals surface area contributed by atoms with E-state index in [1.165, 1.54) is 33.2 Å². The molecule has 1 fully saturated rings. The van der Waals surface area contributed by atoms with E-state index >= 15 is 0 Å². The summed E-state index contributed by atoms with van der Waals surface area (Å²) in [5.41, 5.74) is -0.736. The number of fused-ring (bicyclic) bond motifs is 1. The van der Waals surface area contributed by atoms with Crippen LogP contribution in [0.1, 0.15) is 41.5 Å². The first-order valence-electron chi connectivity index (χ1n) is 10.3. The van der Waals surface area contributed by atoms with E-state index in [9.17, 15) is 18.0 Å². The molecule has 0 aromatic heterocycles. The lowest BCUT2D eigenvalue weighted by molar-refractivity contribution is -0.117. The van der Waals surface area contributed by atoms with Gasteiger partial charge in [0.15, 0.2) is 0 Å². The summed E-state index contributed by atoms with van der Waals surface area (Å²) < 4.78 is 39.1. The molecule has 0 N–H and O–H groups in total. The number of amides is 2. The van der Waals surface area contributed by atoms with Gasteiger partial charge in [0.05, 0.1) is 17.1 Å². The highest BCUT2D eigenvalue weighted by Crippen LogP contribution is 2.39. The molecule has 0 bridgehead atoms. The van der Waals surface area contributed by atoms with Crippen LogP contribution in [0.2, 0.25) is 0 Å². The number of carbonyl (C=O) groups is 2. The largest absolute Gasteiger partial charge is 0.484 e. The van der Waals surface area contributed by atoms with Gasteiger partial charge >= 0.3 is 6.09 Å². The fourth-order valence-electron chi connectivity index (χ4n) is 3.62. The minimum absolute atomic E-state index is 0.0894. The van der Waals surface area contributed by atoms with E-state index in [2.05, 4.69) is 0 Å². The average Bonchev–Trinajstić information content (AvgIpc) is 2.65. The molecule has 0 unspecified atom stereocenters. The van der Waals surface area contributed by atoms with E-state index in [0.717, 1.165) is 0 Å².